The number of aliphatic hydroxyl groups excluding tert-OH is 1. The van der Waals surface area contributed by atoms with Gasteiger partial charge in [-0.05, 0) is 30.2 Å². The number of rotatable bonds is 5. The SMILES string of the molecule is C=CC(C)C(O)C(NP)c1cc(O)c(N)cc1C. The largest absolute Gasteiger partial charge is 0.506 e. The first kappa shape index (κ1) is 15.0. The van der Waals surface area contributed by atoms with Gasteiger partial charge in [-0.1, -0.05) is 22.4 Å². The molecule has 0 saturated heterocycles. The van der Waals surface area contributed by atoms with Crippen molar-refractivity contribution in [2.24, 2.45) is 5.92 Å². The summed E-state index contributed by atoms with van der Waals surface area (Å²) in [7, 11) is 2.39. The third-order valence-corrected chi connectivity index (χ3v) is 3.54. The van der Waals surface area contributed by atoms with Crippen LogP contribution in [0.1, 0.15) is 24.1 Å². The fourth-order valence-electron chi connectivity index (χ4n) is 1.89. The van der Waals surface area contributed by atoms with E-state index in [0.717, 1.165) is 11.1 Å². The molecule has 0 amide bonds. The molecule has 0 aliphatic heterocycles. The molecule has 4 unspecified atom stereocenters. The van der Waals surface area contributed by atoms with Crippen molar-refractivity contribution in [2.45, 2.75) is 26.0 Å². The highest BCUT2D eigenvalue weighted by molar-refractivity contribution is 7.13. The number of nitrogens with two attached hydrogens (primary N) is 1. The van der Waals surface area contributed by atoms with Crippen molar-refractivity contribution in [2.75, 3.05) is 5.73 Å². The highest BCUT2D eigenvalue weighted by Crippen LogP contribution is 2.32. The Morgan fingerprint density at radius 1 is 1.50 bits per heavy atom. The average Bonchev–Trinajstić information content (AvgIpc) is 2.35. The number of nitrogens with one attached hydrogen (secondary N) is 1. The van der Waals surface area contributed by atoms with Gasteiger partial charge in [0.05, 0.1) is 17.8 Å². The van der Waals surface area contributed by atoms with Gasteiger partial charge in [-0.25, -0.2) is 0 Å². The van der Waals surface area contributed by atoms with Crippen molar-refractivity contribution in [1.82, 2.24) is 5.09 Å². The maximum Gasteiger partial charge on any atom is 0.138 e. The van der Waals surface area contributed by atoms with Crippen molar-refractivity contribution in [1.29, 1.82) is 0 Å². The van der Waals surface area contributed by atoms with Crippen LogP contribution >= 0.6 is 9.39 Å². The first-order valence-corrected chi connectivity index (χ1v) is 6.35. The summed E-state index contributed by atoms with van der Waals surface area (Å²) in [5.41, 5.74) is 7.71. The van der Waals surface area contributed by atoms with Crippen LogP contribution in [0.3, 0.4) is 0 Å². The van der Waals surface area contributed by atoms with Crippen LogP contribution in [0.5, 0.6) is 5.75 Å². The molecule has 0 bridgehead atoms. The summed E-state index contributed by atoms with van der Waals surface area (Å²) in [5, 5.41) is 22.9. The Bertz CT molecular complexity index is 437. The van der Waals surface area contributed by atoms with E-state index in [2.05, 4.69) is 21.1 Å². The maximum absolute atomic E-state index is 10.3. The highest BCUT2D eigenvalue weighted by atomic mass is 31.0. The average molecular weight is 268 g/mol. The zero-order valence-corrected chi connectivity index (χ0v) is 11.9. The predicted octanol–water partition coefficient (Wildman–Crippen LogP) is 1.89. The summed E-state index contributed by atoms with van der Waals surface area (Å²) in [4.78, 5) is 0. The highest BCUT2D eigenvalue weighted by Gasteiger charge is 2.25. The van der Waals surface area contributed by atoms with Crippen LogP contribution in [-0.4, -0.2) is 16.3 Å². The number of aliphatic hydroxyl groups is 1. The Morgan fingerprint density at radius 3 is 2.61 bits per heavy atom. The first-order chi connectivity index (χ1) is 8.42. The van der Waals surface area contributed by atoms with Crippen LogP contribution in [-0.2, 0) is 0 Å². The Morgan fingerprint density at radius 2 is 2.11 bits per heavy atom. The zero-order chi connectivity index (χ0) is 13.9. The van der Waals surface area contributed by atoms with Crippen LogP contribution in [0.4, 0.5) is 5.69 Å². The molecule has 5 heteroatoms. The molecule has 0 aliphatic rings. The second-order valence-electron chi connectivity index (χ2n) is 4.50. The van der Waals surface area contributed by atoms with Crippen LogP contribution in [0.15, 0.2) is 24.8 Å². The number of phenolic OH excluding ortho intramolecular Hbond substituents is 1. The second-order valence-corrected chi connectivity index (χ2v) is 4.83. The summed E-state index contributed by atoms with van der Waals surface area (Å²) in [6.07, 6.45) is 1.06. The molecule has 4 nitrogen and oxygen atoms in total. The van der Waals surface area contributed by atoms with Gasteiger partial charge in [0.25, 0.3) is 0 Å². The molecule has 0 saturated carbocycles. The van der Waals surface area contributed by atoms with Crippen molar-refractivity contribution in [3.8, 4) is 5.75 Å². The summed E-state index contributed by atoms with van der Waals surface area (Å²) in [6, 6.07) is 2.98. The number of anilines is 1. The van der Waals surface area contributed by atoms with E-state index < -0.39 is 6.10 Å². The lowest BCUT2D eigenvalue weighted by molar-refractivity contribution is 0.104. The number of aryl methyl sites for hydroxylation is 1. The van der Waals surface area contributed by atoms with Crippen LogP contribution in [0.25, 0.3) is 0 Å². The molecule has 1 aromatic rings. The molecule has 0 spiro atoms. The van der Waals surface area contributed by atoms with Gasteiger partial charge in [-0.15, -0.1) is 6.58 Å². The lowest BCUT2D eigenvalue weighted by atomic mass is 9.90. The van der Waals surface area contributed by atoms with Gasteiger partial charge < -0.3 is 15.9 Å². The maximum atomic E-state index is 10.3. The third kappa shape index (κ3) is 3.02. The Labute approximate surface area is 110 Å². The molecule has 18 heavy (non-hydrogen) atoms. The second kappa shape index (κ2) is 6.19. The van der Waals surface area contributed by atoms with E-state index >= 15 is 0 Å². The third-order valence-electron chi connectivity index (χ3n) is 3.18. The molecule has 1 aromatic carbocycles. The monoisotopic (exact) mass is 268 g/mol. The minimum absolute atomic E-state index is 0.0271. The van der Waals surface area contributed by atoms with Gasteiger partial charge in [-0.2, -0.15) is 0 Å². The quantitative estimate of drug-likeness (QED) is 0.284. The molecule has 0 aromatic heterocycles. The first-order valence-electron chi connectivity index (χ1n) is 5.78. The van der Waals surface area contributed by atoms with Crippen molar-refractivity contribution < 1.29 is 10.2 Å². The fraction of sp³-hybridized carbons (Fsp3) is 0.385. The molecule has 0 fully saturated rings. The van der Waals surface area contributed by atoms with E-state index in [0.29, 0.717) is 5.69 Å². The molecule has 0 radical (unpaired) electrons. The molecule has 4 atom stereocenters. The summed E-state index contributed by atoms with van der Waals surface area (Å²) in [5.74, 6) is -0.0403. The van der Waals surface area contributed by atoms with Crippen LogP contribution in [0.2, 0.25) is 0 Å². The van der Waals surface area contributed by atoms with Crippen molar-refractivity contribution >= 4 is 15.1 Å². The lowest BCUT2D eigenvalue weighted by Crippen LogP contribution is -2.31. The van der Waals surface area contributed by atoms with Gasteiger partial charge in [-0.3, -0.25) is 5.09 Å². The van der Waals surface area contributed by atoms with E-state index in [1.807, 2.05) is 13.8 Å². The van der Waals surface area contributed by atoms with E-state index in [1.165, 1.54) is 0 Å². The number of phenols is 1. The Balaban J connectivity index is 3.16. The predicted molar refractivity (Wildman–Crippen MR) is 78.2 cm³/mol. The molecule has 1 rings (SSSR count). The lowest BCUT2D eigenvalue weighted by Gasteiger charge is -2.27. The zero-order valence-electron chi connectivity index (χ0n) is 10.7. The summed E-state index contributed by atoms with van der Waals surface area (Å²) >= 11 is 0. The van der Waals surface area contributed by atoms with Gasteiger partial charge in [0.2, 0.25) is 0 Å². The van der Waals surface area contributed by atoms with Crippen LogP contribution < -0.4 is 10.8 Å². The van der Waals surface area contributed by atoms with E-state index in [9.17, 15) is 10.2 Å². The number of benzene rings is 1. The molecule has 0 aliphatic carbocycles. The van der Waals surface area contributed by atoms with Gasteiger partial charge in [0.1, 0.15) is 5.75 Å². The minimum atomic E-state index is -0.637. The van der Waals surface area contributed by atoms with Gasteiger partial charge in [0, 0.05) is 5.92 Å². The fourth-order valence-corrected chi connectivity index (χ4v) is 2.26. The minimum Gasteiger partial charge on any atom is -0.506 e. The smallest absolute Gasteiger partial charge is 0.138 e. The number of aromatic hydroxyl groups is 1. The molecule has 100 valence electrons. The standard InChI is InChI=1S/C13H21N2O2P/c1-4-7(2)13(17)12(15-18)9-6-11(16)10(14)5-8(9)3/h4-7,12-13,15-17H,1,14,18H2,2-3H3. The topological polar surface area (TPSA) is 78.5 Å². The van der Waals surface area contributed by atoms with E-state index in [1.54, 1.807) is 18.2 Å². The summed E-state index contributed by atoms with van der Waals surface area (Å²) < 4.78 is 0. The van der Waals surface area contributed by atoms with Gasteiger partial charge >= 0.3 is 0 Å². The number of nitrogen functional groups attached to an aromatic ring is 1. The normalized spacial score (nSPS) is 16.0. The molecule has 0 heterocycles. The molecular weight excluding hydrogens is 247 g/mol. The number of hydrogen-bond donors (Lipinski definition) is 4. The molecule has 5 N–H and O–H groups in total. The van der Waals surface area contributed by atoms with Gasteiger partial charge in [0.15, 0.2) is 0 Å². The van der Waals surface area contributed by atoms with E-state index in [-0.39, 0.29) is 17.7 Å². The molecular formula is C13H21N2O2P. The van der Waals surface area contributed by atoms with E-state index in [4.69, 9.17) is 5.73 Å². The van der Waals surface area contributed by atoms with Crippen molar-refractivity contribution in [3.63, 3.8) is 0 Å². The summed E-state index contributed by atoms with van der Waals surface area (Å²) in [6.45, 7) is 7.46. The Hall–Kier alpha value is -1.09. The number of hydrogen-bond acceptors (Lipinski definition) is 4. The van der Waals surface area contributed by atoms with Crippen LogP contribution in [0, 0.1) is 12.8 Å². The Kier molecular flexibility index (Phi) is 5.15. The van der Waals surface area contributed by atoms with Crippen molar-refractivity contribution in [3.05, 3.63) is 35.9 Å².